The van der Waals surface area contributed by atoms with Crippen LogP contribution in [-0.4, -0.2) is 20.7 Å². The third kappa shape index (κ3) is 4.31. The van der Waals surface area contributed by atoms with E-state index < -0.39 is 0 Å². The van der Waals surface area contributed by atoms with E-state index in [2.05, 4.69) is 29.2 Å². The summed E-state index contributed by atoms with van der Waals surface area (Å²) in [6.45, 7) is 5.07. The molecule has 29 heavy (non-hydrogen) atoms. The predicted molar refractivity (Wildman–Crippen MR) is 113 cm³/mol. The monoisotopic (exact) mass is 390 g/mol. The second kappa shape index (κ2) is 8.07. The molecule has 1 amide bonds. The Morgan fingerprint density at radius 3 is 2.93 bits per heavy atom. The minimum Gasteiger partial charge on any atom is -0.325 e. The Balaban J connectivity index is 1.53. The number of carbonyl (C=O) groups is 1. The number of amides is 1. The molecule has 0 fully saturated rings. The maximum Gasteiger partial charge on any atom is 0.261 e. The largest absolute Gasteiger partial charge is 0.325 e. The Morgan fingerprint density at radius 2 is 2.17 bits per heavy atom. The van der Waals surface area contributed by atoms with Gasteiger partial charge in [0, 0.05) is 23.8 Å². The number of aromatic nitrogens is 3. The Morgan fingerprint density at radius 1 is 1.31 bits per heavy atom. The molecule has 0 radical (unpaired) electrons. The van der Waals surface area contributed by atoms with Gasteiger partial charge in [0.1, 0.15) is 5.56 Å². The van der Waals surface area contributed by atoms with Crippen LogP contribution in [0.15, 0.2) is 53.6 Å². The number of benzene rings is 1. The highest BCUT2D eigenvalue weighted by Gasteiger charge is 2.24. The van der Waals surface area contributed by atoms with Crippen LogP contribution >= 0.6 is 0 Å². The van der Waals surface area contributed by atoms with Gasteiger partial charge in [-0.3, -0.25) is 14.3 Å². The molecule has 0 saturated heterocycles. The molecule has 0 spiro atoms. The number of rotatable bonds is 5. The van der Waals surface area contributed by atoms with E-state index in [1.165, 1.54) is 0 Å². The number of aromatic amines is 1. The average molecular weight is 390 g/mol. The molecule has 2 N–H and O–H groups in total. The molecule has 3 aromatic rings. The van der Waals surface area contributed by atoms with Gasteiger partial charge in [-0.15, -0.1) is 0 Å². The van der Waals surface area contributed by atoms with Crippen LogP contribution in [0.2, 0.25) is 0 Å². The summed E-state index contributed by atoms with van der Waals surface area (Å²) < 4.78 is 1.82. The van der Waals surface area contributed by atoms with Gasteiger partial charge in [0.05, 0.1) is 6.54 Å². The number of hydrogen-bond donors (Lipinski definition) is 2. The molecule has 6 nitrogen and oxygen atoms in total. The number of anilines is 1. The van der Waals surface area contributed by atoms with Gasteiger partial charge in [-0.05, 0) is 66.5 Å². The van der Waals surface area contributed by atoms with Crippen molar-refractivity contribution in [3.05, 3.63) is 81.5 Å². The van der Waals surface area contributed by atoms with Crippen LogP contribution in [0.25, 0.3) is 0 Å². The fourth-order valence-electron chi connectivity index (χ4n) is 4.00. The molecular formula is C23H26N4O2. The van der Waals surface area contributed by atoms with Crippen LogP contribution in [0.5, 0.6) is 0 Å². The van der Waals surface area contributed by atoms with Crippen molar-refractivity contribution in [2.24, 2.45) is 11.8 Å². The van der Waals surface area contributed by atoms with Crippen molar-refractivity contribution in [3.63, 3.8) is 0 Å². The molecule has 6 heteroatoms. The number of H-pyrrole nitrogens is 1. The van der Waals surface area contributed by atoms with Gasteiger partial charge in [0.2, 0.25) is 0 Å². The molecule has 1 unspecified atom stereocenters. The van der Waals surface area contributed by atoms with Crippen molar-refractivity contribution in [1.82, 2.24) is 14.8 Å². The van der Waals surface area contributed by atoms with E-state index in [9.17, 15) is 9.59 Å². The van der Waals surface area contributed by atoms with Crippen molar-refractivity contribution in [2.45, 2.75) is 39.7 Å². The molecule has 1 aromatic carbocycles. The first-order valence-electron chi connectivity index (χ1n) is 10.1. The van der Waals surface area contributed by atoms with Crippen molar-refractivity contribution in [3.8, 4) is 0 Å². The highest BCUT2D eigenvalue weighted by atomic mass is 16.2. The van der Waals surface area contributed by atoms with Crippen LogP contribution in [0.1, 0.15) is 47.4 Å². The summed E-state index contributed by atoms with van der Waals surface area (Å²) in [6, 6.07) is 11.3. The van der Waals surface area contributed by atoms with Crippen molar-refractivity contribution in [1.29, 1.82) is 0 Å². The van der Waals surface area contributed by atoms with Gasteiger partial charge in [0.25, 0.3) is 11.5 Å². The fraction of sp³-hybridized carbons (Fsp3) is 0.348. The van der Waals surface area contributed by atoms with E-state index in [-0.39, 0.29) is 17.0 Å². The second-order valence-corrected chi connectivity index (χ2v) is 8.12. The zero-order valence-corrected chi connectivity index (χ0v) is 16.8. The molecule has 150 valence electrons. The first kappa shape index (κ1) is 19.2. The summed E-state index contributed by atoms with van der Waals surface area (Å²) >= 11 is 0. The first-order chi connectivity index (χ1) is 14.0. The fourth-order valence-corrected chi connectivity index (χ4v) is 4.00. The number of fused-ring (bicyclic) bond motifs is 1. The lowest BCUT2D eigenvalue weighted by Gasteiger charge is -2.27. The lowest BCUT2D eigenvalue weighted by Crippen LogP contribution is -2.28. The minimum atomic E-state index is -0.378. The predicted octanol–water partition coefficient (Wildman–Crippen LogP) is 3.63. The number of aryl methyl sites for hydroxylation is 1. The lowest BCUT2D eigenvalue weighted by atomic mass is 9.80. The van der Waals surface area contributed by atoms with E-state index in [4.69, 9.17) is 0 Å². The zero-order valence-electron chi connectivity index (χ0n) is 16.8. The van der Waals surface area contributed by atoms with Gasteiger partial charge in [-0.25, -0.2) is 0 Å². The third-order valence-electron chi connectivity index (χ3n) is 5.74. The summed E-state index contributed by atoms with van der Waals surface area (Å²) in [4.78, 5) is 28.2. The van der Waals surface area contributed by atoms with Gasteiger partial charge in [-0.1, -0.05) is 26.0 Å². The Hall–Kier alpha value is -3.15. The number of hydrogen-bond acceptors (Lipinski definition) is 3. The summed E-state index contributed by atoms with van der Waals surface area (Å²) in [5, 5.41) is 7.08. The topological polar surface area (TPSA) is 79.8 Å². The Labute approximate surface area is 170 Å². The van der Waals surface area contributed by atoms with Crippen molar-refractivity contribution >= 4 is 11.6 Å². The highest BCUT2D eigenvalue weighted by Crippen LogP contribution is 2.29. The molecule has 1 aliphatic carbocycles. The summed E-state index contributed by atoms with van der Waals surface area (Å²) in [6.07, 6.45) is 6.48. The SMILES string of the molecule is CC(C)C1CCc2[nH]c(=O)c(C(=O)Nc3cccc(Cn4cccn4)c3)cc2C1. The van der Waals surface area contributed by atoms with Gasteiger partial charge in [0.15, 0.2) is 0 Å². The van der Waals surface area contributed by atoms with Crippen LogP contribution < -0.4 is 10.9 Å². The van der Waals surface area contributed by atoms with E-state index in [0.29, 0.717) is 24.1 Å². The first-order valence-corrected chi connectivity index (χ1v) is 10.1. The van der Waals surface area contributed by atoms with Crippen LogP contribution in [-0.2, 0) is 19.4 Å². The average Bonchev–Trinajstić information content (AvgIpc) is 3.20. The zero-order chi connectivity index (χ0) is 20.4. The minimum absolute atomic E-state index is 0.172. The molecule has 2 aromatic heterocycles. The number of pyridine rings is 1. The van der Waals surface area contributed by atoms with Crippen LogP contribution in [0.4, 0.5) is 5.69 Å². The van der Waals surface area contributed by atoms with Gasteiger partial charge >= 0.3 is 0 Å². The molecular weight excluding hydrogens is 364 g/mol. The molecule has 4 rings (SSSR count). The molecule has 0 aliphatic heterocycles. The lowest BCUT2D eigenvalue weighted by molar-refractivity contribution is 0.102. The molecule has 2 heterocycles. The third-order valence-corrected chi connectivity index (χ3v) is 5.74. The smallest absolute Gasteiger partial charge is 0.261 e. The van der Waals surface area contributed by atoms with E-state index >= 15 is 0 Å². The second-order valence-electron chi connectivity index (χ2n) is 8.12. The van der Waals surface area contributed by atoms with Crippen LogP contribution in [0, 0.1) is 11.8 Å². The normalized spacial score (nSPS) is 15.9. The van der Waals surface area contributed by atoms with E-state index in [1.807, 2.05) is 41.2 Å². The standard InChI is InChI=1S/C23H26N4O2/c1-15(2)17-7-8-21-18(12-17)13-20(23(29)26-21)22(28)25-19-6-3-5-16(11-19)14-27-10-4-9-24-27/h3-6,9-11,13,15,17H,7-8,12,14H2,1-2H3,(H,25,28)(H,26,29). The maximum absolute atomic E-state index is 12.8. The number of nitrogens with zero attached hydrogens (tertiary/aromatic N) is 2. The molecule has 0 bridgehead atoms. The summed E-state index contributed by atoms with van der Waals surface area (Å²) in [5.41, 5.74) is 3.60. The highest BCUT2D eigenvalue weighted by molar-refractivity contribution is 6.04. The van der Waals surface area contributed by atoms with E-state index in [1.54, 1.807) is 12.3 Å². The van der Waals surface area contributed by atoms with Crippen molar-refractivity contribution < 1.29 is 4.79 Å². The Kier molecular flexibility index (Phi) is 5.34. The molecule has 0 saturated carbocycles. The van der Waals surface area contributed by atoms with Crippen molar-refractivity contribution in [2.75, 3.05) is 5.32 Å². The quantitative estimate of drug-likeness (QED) is 0.698. The van der Waals surface area contributed by atoms with Gasteiger partial charge in [-0.2, -0.15) is 5.10 Å². The maximum atomic E-state index is 12.8. The Bertz CT molecular complexity index is 1070. The number of nitrogens with one attached hydrogen (secondary N) is 2. The summed E-state index contributed by atoms with van der Waals surface area (Å²) in [7, 11) is 0. The number of carbonyl (C=O) groups excluding carboxylic acids is 1. The van der Waals surface area contributed by atoms with Gasteiger partial charge < -0.3 is 10.3 Å². The summed E-state index contributed by atoms with van der Waals surface area (Å²) in [5.74, 6) is 0.796. The molecule has 1 aliphatic rings. The van der Waals surface area contributed by atoms with Crippen LogP contribution in [0.3, 0.4) is 0 Å². The molecule has 1 atom stereocenters. The van der Waals surface area contributed by atoms with E-state index in [0.717, 1.165) is 36.1 Å².